The summed E-state index contributed by atoms with van der Waals surface area (Å²) in [6.45, 7) is 3.40. The van der Waals surface area contributed by atoms with E-state index in [1.54, 1.807) is 19.9 Å². The number of ether oxygens (including phenoxy) is 1. The molecule has 0 saturated carbocycles. The van der Waals surface area contributed by atoms with Gasteiger partial charge in [0.2, 0.25) is 0 Å². The van der Waals surface area contributed by atoms with Gasteiger partial charge in [-0.3, -0.25) is 0 Å². The number of esters is 1. The van der Waals surface area contributed by atoms with Crippen molar-refractivity contribution in [2.24, 2.45) is 0 Å². The fourth-order valence-corrected chi connectivity index (χ4v) is 1.29. The van der Waals surface area contributed by atoms with Crippen LogP contribution in [0.25, 0.3) is 0 Å². The second-order valence-corrected chi connectivity index (χ2v) is 3.40. The summed E-state index contributed by atoms with van der Waals surface area (Å²) in [6.07, 6.45) is 0. The number of carbonyl (C=O) groups excluding carboxylic acids is 1. The van der Waals surface area contributed by atoms with Crippen molar-refractivity contribution < 1.29 is 9.53 Å². The Bertz CT molecular complexity index is 350. The normalized spacial score (nSPS) is 12.0. The molecule has 0 saturated heterocycles. The molecule has 1 N–H and O–H groups in total. The summed E-state index contributed by atoms with van der Waals surface area (Å²) >= 11 is 5.74. The standard InChI is InChI=1S/C9H12ClN3O2/c1-5(9(14)15-3)11-8-4-7(10)12-6(2)13-8/h4-5H,1-3H3,(H,11,12,13). The van der Waals surface area contributed by atoms with Crippen molar-refractivity contribution in [1.29, 1.82) is 0 Å². The number of hydrogen-bond donors (Lipinski definition) is 1. The summed E-state index contributed by atoms with van der Waals surface area (Å²) in [5.74, 6) is 0.690. The molecule has 1 aromatic rings. The van der Waals surface area contributed by atoms with E-state index in [1.807, 2.05) is 0 Å². The summed E-state index contributed by atoms with van der Waals surface area (Å²) in [4.78, 5) is 19.1. The van der Waals surface area contributed by atoms with E-state index in [0.717, 1.165) is 0 Å². The van der Waals surface area contributed by atoms with Crippen LogP contribution in [0.4, 0.5) is 5.82 Å². The van der Waals surface area contributed by atoms with E-state index in [-0.39, 0.29) is 5.97 Å². The molecule has 1 aromatic heterocycles. The molecular formula is C9H12ClN3O2. The second kappa shape index (κ2) is 4.93. The van der Waals surface area contributed by atoms with Gasteiger partial charge in [0.25, 0.3) is 0 Å². The van der Waals surface area contributed by atoms with Crippen LogP contribution in [-0.4, -0.2) is 29.1 Å². The summed E-state index contributed by atoms with van der Waals surface area (Å²) in [6, 6.07) is 1.08. The van der Waals surface area contributed by atoms with Crippen molar-refractivity contribution in [2.75, 3.05) is 12.4 Å². The quantitative estimate of drug-likeness (QED) is 0.627. The van der Waals surface area contributed by atoms with Crippen molar-refractivity contribution in [2.45, 2.75) is 19.9 Å². The van der Waals surface area contributed by atoms with Crippen molar-refractivity contribution in [3.05, 3.63) is 17.0 Å². The number of rotatable bonds is 3. The Morgan fingerprint density at radius 2 is 2.27 bits per heavy atom. The molecular weight excluding hydrogens is 218 g/mol. The molecule has 1 atom stereocenters. The van der Waals surface area contributed by atoms with E-state index in [2.05, 4.69) is 20.0 Å². The fourth-order valence-electron chi connectivity index (χ4n) is 1.06. The smallest absolute Gasteiger partial charge is 0.328 e. The molecule has 0 amide bonds. The first-order chi connectivity index (χ1) is 7.02. The molecule has 1 rings (SSSR count). The van der Waals surface area contributed by atoms with E-state index in [9.17, 15) is 4.79 Å². The van der Waals surface area contributed by atoms with Crippen LogP contribution in [0.5, 0.6) is 0 Å². The number of methoxy groups -OCH3 is 1. The van der Waals surface area contributed by atoms with Gasteiger partial charge in [0.1, 0.15) is 22.8 Å². The minimum Gasteiger partial charge on any atom is -0.467 e. The highest BCUT2D eigenvalue weighted by Gasteiger charge is 2.13. The van der Waals surface area contributed by atoms with Crippen molar-refractivity contribution in [3.63, 3.8) is 0 Å². The third-order valence-corrected chi connectivity index (χ3v) is 1.92. The molecule has 6 heteroatoms. The zero-order chi connectivity index (χ0) is 11.4. The maximum Gasteiger partial charge on any atom is 0.328 e. The molecule has 0 fully saturated rings. The van der Waals surface area contributed by atoms with Crippen molar-refractivity contribution in [3.8, 4) is 0 Å². The third-order valence-electron chi connectivity index (χ3n) is 1.73. The number of carbonyl (C=O) groups is 1. The van der Waals surface area contributed by atoms with Gasteiger partial charge in [-0.2, -0.15) is 0 Å². The minimum absolute atomic E-state index is 0.335. The van der Waals surface area contributed by atoms with Crippen molar-refractivity contribution >= 4 is 23.4 Å². The van der Waals surface area contributed by atoms with E-state index >= 15 is 0 Å². The summed E-state index contributed by atoms with van der Waals surface area (Å²) in [5.41, 5.74) is 0. The molecule has 5 nitrogen and oxygen atoms in total. The molecule has 1 heterocycles. The van der Waals surface area contributed by atoms with Gasteiger partial charge in [0, 0.05) is 6.07 Å². The molecule has 1 unspecified atom stereocenters. The summed E-state index contributed by atoms with van der Waals surface area (Å²) < 4.78 is 4.57. The fraction of sp³-hybridized carbons (Fsp3) is 0.444. The highest BCUT2D eigenvalue weighted by Crippen LogP contribution is 2.12. The van der Waals surface area contributed by atoms with Crippen LogP contribution in [0.3, 0.4) is 0 Å². The molecule has 0 aliphatic heterocycles. The van der Waals surface area contributed by atoms with Crippen LogP contribution in [0.2, 0.25) is 5.15 Å². The molecule has 0 aliphatic rings. The molecule has 0 bridgehead atoms. The monoisotopic (exact) mass is 229 g/mol. The zero-order valence-corrected chi connectivity index (χ0v) is 9.50. The third kappa shape index (κ3) is 3.36. The van der Waals surface area contributed by atoms with Gasteiger partial charge >= 0.3 is 5.97 Å². The number of halogens is 1. The number of aryl methyl sites for hydroxylation is 1. The average Bonchev–Trinajstić information content (AvgIpc) is 2.14. The van der Waals surface area contributed by atoms with Gasteiger partial charge in [-0.05, 0) is 13.8 Å². The van der Waals surface area contributed by atoms with Gasteiger partial charge in [0.15, 0.2) is 0 Å². The Morgan fingerprint density at radius 1 is 1.60 bits per heavy atom. The van der Waals surface area contributed by atoms with Gasteiger partial charge in [0.05, 0.1) is 7.11 Å². The molecule has 0 aromatic carbocycles. The lowest BCUT2D eigenvalue weighted by atomic mass is 10.3. The molecule has 0 radical (unpaired) electrons. The van der Waals surface area contributed by atoms with Gasteiger partial charge in [-0.1, -0.05) is 11.6 Å². The van der Waals surface area contributed by atoms with Gasteiger partial charge in [-0.15, -0.1) is 0 Å². The number of nitrogens with one attached hydrogen (secondary N) is 1. The van der Waals surface area contributed by atoms with Gasteiger partial charge < -0.3 is 10.1 Å². The van der Waals surface area contributed by atoms with E-state index in [4.69, 9.17) is 11.6 Å². The zero-order valence-electron chi connectivity index (χ0n) is 8.74. The van der Waals surface area contributed by atoms with Crippen LogP contribution in [0.1, 0.15) is 12.7 Å². The van der Waals surface area contributed by atoms with Crippen LogP contribution >= 0.6 is 11.6 Å². The van der Waals surface area contributed by atoms with Crippen LogP contribution in [-0.2, 0) is 9.53 Å². The predicted octanol–water partition coefficient (Wildman–Crippen LogP) is 1.41. The largest absolute Gasteiger partial charge is 0.467 e. The van der Waals surface area contributed by atoms with Gasteiger partial charge in [-0.25, -0.2) is 14.8 Å². The maximum absolute atomic E-state index is 11.1. The van der Waals surface area contributed by atoms with Crippen LogP contribution < -0.4 is 5.32 Å². The van der Waals surface area contributed by atoms with Crippen LogP contribution in [0.15, 0.2) is 6.07 Å². The lowest BCUT2D eigenvalue weighted by molar-refractivity contribution is -0.141. The lowest BCUT2D eigenvalue weighted by Gasteiger charge is -2.12. The molecule has 0 aliphatic carbocycles. The lowest BCUT2D eigenvalue weighted by Crippen LogP contribution is -2.27. The Balaban J connectivity index is 2.76. The first-order valence-corrected chi connectivity index (χ1v) is 4.76. The Morgan fingerprint density at radius 3 is 2.80 bits per heavy atom. The molecule has 0 spiro atoms. The maximum atomic E-state index is 11.1. The SMILES string of the molecule is COC(=O)C(C)Nc1cc(Cl)nc(C)n1. The first kappa shape index (κ1) is 11.7. The Labute approximate surface area is 92.8 Å². The van der Waals surface area contributed by atoms with E-state index < -0.39 is 6.04 Å². The molecule has 15 heavy (non-hydrogen) atoms. The number of aromatic nitrogens is 2. The highest BCUT2D eigenvalue weighted by molar-refractivity contribution is 6.29. The number of nitrogens with zero attached hydrogens (tertiary/aromatic N) is 2. The van der Waals surface area contributed by atoms with Crippen LogP contribution in [0, 0.1) is 6.92 Å². The topological polar surface area (TPSA) is 64.1 Å². The van der Waals surface area contributed by atoms with E-state index in [0.29, 0.717) is 16.8 Å². The Kier molecular flexibility index (Phi) is 3.85. The second-order valence-electron chi connectivity index (χ2n) is 3.01. The summed E-state index contributed by atoms with van der Waals surface area (Å²) in [7, 11) is 1.33. The van der Waals surface area contributed by atoms with E-state index in [1.165, 1.54) is 7.11 Å². The predicted molar refractivity (Wildman–Crippen MR) is 56.9 cm³/mol. The highest BCUT2D eigenvalue weighted by atomic mass is 35.5. The number of anilines is 1. The Hall–Kier alpha value is -1.36. The summed E-state index contributed by atoms with van der Waals surface area (Å²) in [5, 5.41) is 3.20. The average molecular weight is 230 g/mol. The minimum atomic E-state index is -0.472. The first-order valence-electron chi connectivity index (χ1n) is 4.38. The number of hydrogen-bond acceptors (Lipinski definition) is 5. The molecule has 82 valence electrons. The van der Waals surface area contributed by atoms with Crippen molar-refractivity contribution in [1.82, 2.24) is 9.97 Å².